The summed E-state index contributed by atoms with van der Waals surface area (Å²) in [6.45, 7) is 3.65. The fraction of sp³-hybridized carbons (Fsp3) is 0.240. The second-order valence-corrected chi connectivity index (χ2v) is 8.85. The molecule has 1 aliphatic heterocycles. The number of carbonyl (C=O) groups is 1. The molecule has 1 aliphatic rings. The van der Waals surface area contributed by atoms with Crippen LogP contribution in [0.3, 0.4) is 0 Å². The molecule has 0 radical (unpaired) electrons. The third kappa shape index (κ3) is 4.26. The Bertz CT molecular complexity index is 1470. The van der Waals surface area contributed by atoms with E-state index >= 15 is 0 Å². The van der Waals surface area contributed by atoms with Crippen LogP contribution in [0, 0.1) is 0 Å². The van der Waals surface area contributed by atoms with E-state index in [1.807, 2.05) is 18.2 Å². The number of allylic oxidation sites excluding steroid dienone is 1. The van der Waals surface area contributed by atoms with Gasteiger partial charge in [-0.3, -0.25) is 9.36 Å². The summed E-state index contributed by atoms with van der Waals surface area (Å²) in [5.41, 5.74) is 1.74. The first-order valence-electron chi connectivity index (χ1n) is 10.6. The summed E-state index contributed by atoms with van der Waals surface area (Å²) < 4.78 is 18.3. The third-order valence-electron chi connectivity index (χ3n) is 5.44. The van der Waals surface area contributed by atoms with E-state index in [0.29, 0.717) is 42.7 Å². The molecule has 3 aromatic rings. The number of thiazole rings is 1. The number of nitrogens with zero attached hydrogens (tertiary/aromatic N) is 2. The SMILES string of the molecule is CCOC(=O)C1=C(C)N=c2sc(=Cc3ccccc3Cl)c(=O)n2C1c1cc(OC)ccc1OC. The van der Waals surface area contributed by atoms with E-state index in [1.165, 1.54) is 23.0 Å². The van der Waals surface area contributed by atoms with Crippen LogP contribution in [0.15, 0.2) is 63.5 Å². The number of hydrogen-bond acceptors (Lipinski definition) is 7. The Morgan fingerprint density at radius 2 is 1.97 bits per heavy atom. The first-order valence-corrected chi connectivity index (χ1v) is 11.7. The van der Waals surface area contributed by atoms with Gasteiger partial charge in [0.25, 0.3) is 5.56 Å². The Kier molecular flexibility index (Phi) is 6.90. The maximum atomic E-state index is 13.7. The van der Waals surface area contributed by atoms with Gasteiger partial charge in [0.1, 0.15) is 17.5 Å². The van der Waals surface area contributed by atoms with Crippen LogP contribution >= 0.6 is 22.9 Å². The number of hydrogen-bond donors (Lipinski definition) is 0. The van der Waals surface area contributed by atoms with E-state index in [1.54, 1.807) is 51.3 Å². The molecule has 176 valence electrons. The molecule has 1 atom stereocenters. The van der Waals surface area contributed by atoms with E-state index in [2.05, 4.69) is 4.99 Å². The quantitative estimate of drug-likeness (QED) is 0.486. The van der Waals surface area contributed by atoms with Gasteiger partial charge in [-0.15, -0.1) is 0 Å². The van der Waals surface area contributed by atoms with Crippen LogP contribution < -0.4 is 24.4 Å². The predicted octanol–water partition coefficient (Wildman–Crippen LogP) is 3.47. The zero-order valence-electron chi connectivity index (χ0n) is 19.1. The molecular weight excluding hydrogens is 476 g/mol. The summed E-state index contributed by atoms with van der Waals surface area (Å²) in [6, 6.07) is 11.7. The van der Waals surface area contributed by atoms with Crippen molar-refractivity contribution in [2.75, 3.05) is 20.8 Å². The Hall–Kier alpha value is -3.36. The molecule has 7 nitrogen and oxygen atoms in total. The lowest BCUT2D eigenvalue weighted by Gasteiger charge is -2.26. The molecule has 9 heteroatoms. The molecule has 34 heavy (non-hydrogen) atoms. The summed E-state index contributed by atoms with van der Waals surface area (Å²) >= 11 is 7.54. The lowest BCUT2D eigenvalue weighted by atomic mass is 9.94. The molecular formula is C25H23ClN2O5S. The number of rotatable bonds is 6. The third-order valence-corrected chi connectivity index (χ3v) is 6.77. The van der Waals surface area contributed by atoms with Crippen LogP contribution in [-0.4, -0.2) is 31.4 Å². The maximum Gasteiger partial charge on any atom is 0.338 e. The zero-order chi connectivity index (χ0) is 24.4. The van der Waals surface area contributed by atoms with Crippen LogP contribution in [0.4, 0.5) is 0 Å². The highest BCUT2D eigenvalue weighted by atomic mass is 35.5. The van der Waals surface area contributed by atoms with Crippen molar-refractivity contribution >= 4 is 35.0 Å². The summed E-state index contributed by atoms with van der Waals surface area (Å²) in [5.74, 6) is 0.522. The van der Waals surface area contributed by atoms with Crippen LogP contribution in [-0.2, 0) is 9.53 Å². The molecule has 1 unspecified atom stereocenters. The van der Waals surface area contributed by atoms with Gasteiger partial charge in [0.15, 0.2) is 4.80 Å². The molecule has 4 rings (SSSR count). The van der Waals surface area contributed by atoms with Crippen LogP contribution in [0.5, 0.6) is 11.5 Å². The molecule has 0 saturated carbocycles. The number of methoxy groups -OCH3 is 2. The van der Waals surface area contributed by atoms with Gasteiger partial charge < -0.3 is 14.2 Å². The highest BCUT2D eigenvalue weighted by Gasteiger charge is 2.35. The van der Waals surface area contributed by atoms with Crippen molar-refractivity contribution in [3.63, 3.8) is 0 Å². The molecule has 0 spiro atoms. The largest absolute Gasteiger partial charge is 0.497 e. The van der Waals surface area contributed by atoms with Crippen LogP contribution in [0.25, 0.3) is 6.08 Å². The lowest BCUT2D eigenvalue weighted by molar-refractivity contribution is -0.139. The monoisotopic (exact) mass is 498 g/mol. The van der Waals surface area contributed by atoms with Gasteiger partial charge in [0.2, 0.25) is 0 Å². The van der Waals surface area contributed by atoms with Crippen molar-refractivity contribution in [3.05, 3.63) is 89.6 Å². The van der Waals surface area contributed by atoms with E-state index in [-0.39, 0.29) is 17.7 Å². The number of fused-ring (bicyclic) bond motifs is 1. The fourth-order valence-corrected chi connectivity index (χ4v) is 5.10. The van der Waals surface area contributed by atoms with Crippen molar-refractivity contribution in [3.8, 4) is 11.5 Å². The molecule has 0 bridgehead atoms. The number of aromatic nitrogens is 1. The number of carbonyl (C=O) groups excluding carboxylic acids is 1. The molecule has 0 amide bonds. The van der Waals surface area contributed by atoms with Gasteiger partial charge in [-0.25, -0.2) is 9.79 Å². The average Bonchev–Trinajstić information content (AvgIpc) is 3.13. The minimum atomic E-state index is -0.811. The summed E-state index contributed by atoms with van der Waals surface area (Å²) in [6.07, 6.45) is 1.73. The minimum Gasteiger partial charge on any atom is -0.497 e. The zero-order valence-corrected chi connectivity index (χ0v) is 20.7. The van der Waals surface area contributed by atoms with E-state index in [4.69, 9.17) is 25.8 Å². The first kappa shape index (κ1) is 23.8. The molecule has 1 aromatic heterocycles. The molecule has 2 heterocycles. The van der Waals surface area contributed by atoms with Crippen LogP contribution in [0.2, 0.25) is 5.02 Å². The Balaban J connectivity index is 2.03. The van der Waals surface area contributed by atoms with Crippen molar-refractivity contribution in [2.45, 2.75) is 19.9 Å². The highest BCUT2D eigenvalue weighted by Crippen LogP contribution is 2.37. The van der Waals surface area contributed by atoms with Gasteiger partial charge in [-0.2, -0.15) is 0 Å². The molecule has 0 saturated heterocycles. The van der Waals surface area contributed by atoms with Crippen molar-refractivity contribution < 1.29 is 19.0 Å². The number of halogens is 1. The standard InChI is InChI=1S/C25H23ClN2O5S/c1-5-33-24(30)21-14(2)27-25-28(22(21)17-13-16(31-3)10-11-19(17)32-4)23(29)20(34-25)12-15-8-6-7-9-18(15)26/h6-13,22H,5H2,1-4H3. The summed E-state index contributed by atoms with van der Waals surface area (Å²) in [5, 5.41) is 0.530. The normalized spacial score (nSPS) is 15.6. The topological polar surface area (TPSA) is 79.1 Å². The lowest BCUT2D eigenvalue weighted by Crippen LogP contribution is -2.40. The van der Waals surface area contributed by atoms with Gasteiger partial charge in [-0.05, 0) is 49.8 Å². The van der Waals surface area contributed by atoms with Gasteiger partial charge in [0, 0.05) is 10.6 Å². The maximum absolute atomic E-state index is 13.7. The Morgan fingerprint density at radius 1 is 1.21 bits per heavy atom. The van der Waals surface area contributed by atoms with Crippen molar-refractivity contribution in [2.24, 2.45) is 4.99 Å². The second-order valence-electron chi connectivity index (χ2n) is 7.43. The van der Waals surface area contributed by atoms with E-state index in [0.717, 1.165) is 0 Å². The highest BCUT2D eigenvalue weighted by molar-refractivity contribution is 7.07. The number of ether oxygens (including phenoxy) is 3. The van der Waals surface area contributed by atoms with Crippen LogP contribution in [0.1, 0.15) is 31.0 Å². The van der Waals surface area contributed by atoms with Crippen molar-refractivity contribution in [1.29, 1.82) is 0 Å². The number of benzene rings is 2. The Morgan fingerprint density at radius 3 is 2.65 bits per heavy atom. The van der Waals surface area contributed by atoms with Gasteiger partial charge >= 0.3 is 5.97 Å². The average molecular weight is 499 g/mol. The molecule has 0 aliphatic carbocycles. The van der Waals surface area contributed by atoms with Gasteiger partial charge in [0.05, 0.1) is 36.6 Å². The smallest absolute Gasteiger partial charge is 0.338 e. The molecule has 0 fully saturated rings. The summed E-state index contributed by atoms with van der Waals surface area (Å²) in [7, 11) is 3.08. The minimum absolute atomic E-state index is 0.189. The number of esters is 1. The molecule has 0 N–H and O–H groups in total. The van der Waals surface area contributed by atoms with Crippen molar-refractivity contribution in [1.82, 2.24) is 4.57 Å². The predicted molar refractivity (Wildman–Crippen MR) is 131 cm³/mol. The first-order chi connectivity index (χ1) is 16.4. The second kappa shape index (κ2) is 9.87. The van der Waals surface area contributed by atoms with Gasteiger partial charge in [-0.1, -0.05) is 41.1 Å². The molecule has 2 aromatic carbocycles. The van der Waals surface area contributed by atoms with E-state index in [9.17, 15) is 9.59 Å². The summed E-state index contributed by atoms with van der Waals surface area (Å²) in [4.78, 5) is 31.8. The Labute approximate surface area is 205 Å². The fourth-order valence-electron chi connectivity index (χ4n) is 3.87. The van der Waals surface area contributed by atoms with E-state index < -0.39 is 12.0 Å².